The normalized spacial score (nSPS) is 29.7. The van der Waals surface area contributed by atoms with E-state index in [4.69, 9.17) is 0 Å². The lowest BCUT2D eigenvalue weighted by Crippen LogP contribution is -2.40. The van der Waals surface area contributed by atoms with E-state index in [0.29, 0.717) is 11.6 Å². The molecule has 1 amide bonds. The van der Waals surface area contributed by atoms with Crippen molar-refractivity contribution in [3.63, 3.8) is 0 Å². The summed E-state index contributed by atoms with van der Waals surface area (Å²) >= 11 is 3.46. The molecule has 2 aliphatic rings. The van der Waals surface area contributed by atoms with Crippen LogP contribution in [0.1, 0.15) is 48.8 Å². The molecule has 1 aromatic rings. The van der Waals surface area contributed by atoms with Crippen molar-refractivity contribution in [3.05, 3.63) is 15.9 Å². The molecule has 2 saturated carbocycles. The van der Waals surface area contributed by atoms with Gasteiger partial charge < -0.3 is 5.32 Å². The van der Waals surface area contributed by atoms with Crippen LogP contribution in [0.3, 0.4) is 0 Å². The Hall–Kier alpha value is -0.840. The Kier molecular flexibility index (Phi) is 3.65. The number of carbonyl (C=O) groups is 1. The van der Waals surface area contributed by atoms with Crippen molar-refractivity contribution in [3.8, 4) is 0 Å². The number of hydrogen-bond acceptors (Lipinski definition) is 2. The molecule has 0 saturated heterocycles. The second kappa shape index (κ2) is 5.17. The lowest BCUT2D eigenvalue weighted by atomic mass is 9.84. The minimum absolute atomic E-state index is 0.0594. The van der Waals surface area contributed by atoms with Gasteiger partial charge in [0, 0.05) is 13.1 Å². The topological polar surface area (TPSA) is 46.9 Å². The van der Waals surface area contributed by atoms with E-state index in [0.717, 1.165) is 22.0 Å². The predicted octanol–water partition coefficient (Wildman–Crippen LogP) is 3.05. The quantitative estimate of drug-likeness (QED) is 0.919. The Labute approximate surface area is 128 Å². The molecule has 0 spiro atoms. The third-order valence-corrected chi connectivity index (χ3v) is 6.22. The van der Waals surface area contributed by atoms with Crippen LogP contribution in [0.2, 0.25) is 0 Å². The molecule has 2 aliphatic carbocycles. The van der Waals surface area contributed by atoms with E-state index in [1.54, 1.807) is 4.68 Å². The molecule has 4 nitrogen and oxygen atoms in total. The van der Waals surface area contributed by atoms with E-state index >= 15 is 0 Å². The Morgan fingerprint density at radius 2 is 2.20 bits per heavy atom. The SMILES string of the molecule is Cc1c(Br)c(C(=O)N[C@H](C)[C@H]2C[C@@H]3CC[C@@H]2C3)nn1C. The number of hydrogen-bond donors (Lipinski definition) is 1. The highest BCUT2D eigenvalue weighted by Crippen LogP contribution is 2.49. The van der Waals surface area contributed by atoms with Gasteiger partial charge in [0.25, 0.3) is 5.91 Å². The Morgan fingerprint density at radius 3 is 2.70 bits per heavy atom. The van der Waals surface area contributed by atoms with Crippen molar-refractivity contribution in [2.75, 3.05) is 0 Å². The van der Waals surface area contributed by atoms with Crippen LogP contribution in [0.25, 0.3) is 0 Å². The average Bonchev–Trinajstić information content (AvgIpc) is 3.10. The summed E-state index contributed by atoms with van der Waals surface area (Å²) in [6, 6.07) is 0.243. The van der Waals surface area contributed by atoms with Crippen LogP contribution in [0, 0.1) is 24.7 Å². The maximum absolute atomic E-state index is 12.4. The third-order valence-electron chi connectivity index (χ3n) is 5.27. The number of carbonyl (C=O) groups excluding carboxylic acids is 1. The first-order valence-corrected chi connectivity index (χ1v) is 8.26. The molecule has 2 fully saturated rings. The summed E-state index contributed by atoms with van der Waals surface area (Å²) in [7, 11) is 1.86. The second-order valence-corrected chi connectivity index (χ2v) is 7.27. The maximum atomic E-state index is 12.4. The van der Waals surface area contributed by atoms with E-state index in [1.165, 1.54) is 25.7 Å². The third kappa shape index (κ3) is 2.30. The first-order valence-electron chi connectivity index (χ1n) is 7.47. The maximum Gasteiger partial charge on any atom is 0.273 e. The van der Waals surface area contributed by atoms with E-state index in [-0.39, 0.29) is 11.9 Å². The minimum atomic E-state index is -0.0594. The zero-order valence-electron chi connectivity index (χ0n) is 12.3. The molecule has 1 aromatic heterocycles. The van der Waals surface area contributed by atoms with Gasteiger partial charge in [0.05, 0.1) is 10.2 Å². The van der Waals surface area contributed by atoms with Crippen molar-refractivity contribution in [1.29, 1.82) is 0 Å². The summed E-state index contributed by atoms with van der Waals surface area (Å²) in [6.45, 7) is 4.10. The van der Waals surface area contributed by atoms with Crippen LogP contribution in [-0.4, -0.2) is 21.7 Å². The molecule has 1 N–H and O–H groups in total. The summed E-state index contributed by atoms with van der Waals surface area (Å²) < 4.78 is 2.54. The van der Waals surface area contributed by atoms with Gasteiger partial charge in [-0.15, -0.1) is 0 Å². The number of halogens is 1. The molecule has 5 heteroatoms. The van der Waals surface area contributed by atoms with Crippen molar-refractivity contribution in [2.24, 2.45) is 24.8 Å². The number of fused-ring (bicyclic) bond motifs is 2. The van der Waals surface area contributed by atoms with Gasteiger partial charge in [0.1, 0.15) is 0 Å². The average molecular weight is 340 g/mol. The van der Waals surface area contributed by atoms with E-state index in [1.807, 2.05) is 14.0 Å². The number of rotatable bonds is 3. The molecular weight excluding hydrogens is 318 g/mol. The van der Waals surface area contributed by atoms with Gasteiger partial charge in [-0.1, -0.05) is 6.42 Å². The van der Waals surface area contributed by atoms with Crippen molar-refractivity contribution in [1.82, 2.24) is 15.1 Å². The van der Waals surface area contributed by atoms with Crippen molar-refractivity contribution < 1.29 is 4.79 Å². The molecule has 0 radical (unpaired) electrons. The monoisotopic (exact) mass is 339 g/mol. The Morgan fingerprint density at radius 1 is 1.45 bits per heavy atom. The van der Waals surface area contributed by atoms with E-state index in [2.05, 4.69) is 33.3 Å². The van der Waals surface area contributed by atoms with Gasteiger partial charge >= 0.3 is 0 Å². The van der Waals surface area contributed by atoms with Crippen LogP contribution in [0.15, 0.2) is 4.47 Å². The smallest absolute Gasteiger partial charge is 0.273 e. The molecule has 4 atom stereocenters. The molecule has 110 valence electrons. The fourth-order valence-electron chi connectivity index (χ4n) is 4.02. The highest BCUT2D eigenvalue weighted by molar-refractivity contribution is 9.10. The van der Waals surface area contributed by atoms with Gasteiger partial charge in [-0.05, 0) is 66.8 Å². The fourth-order valence-corrected chi connectivity index (χ4v) is 4.53. The van der Waals surface area contributed by atoms with Crippen LogP contribution in [0.4, 0.5) is 0 Å². The largest absolute Gasteiger partial charge is 0.348 e. The van der Waals surface area contributed by atoms with Crippen molar-refractivity contribution >= 4 is 21.8 Å². The molecule has 1 heterocycles. The summed E-state index contributed by atoms with van der Waals surface area (Å²) in [5, 5.41) is 7.45. The van der Waals surface area contributed by atoms with Crippen molar-refractivity contribution in [2.45, 2.75) is 45.6 Å². The van der Waals surface area contributed by atoms with E-state index in [9.17, 15) is 4.79 Å². The number of amides is 1. The zero-order valence-corrected chi connectivity index (χ0v) is 13.9. The molecule has 3 rings (SSSR count). The minimum Gasteiger partial charge on any atom is -0.348 e. The van der Waals surface area contributed by atoms with Crippen LogP contribution < -0.4 is 5.32 Å². The summed E-state index contributed by atoms with van der Waals surface area (Å²) in [5.41, 5.74) is 1.47. The second-order valence-electron chi connectivity index (χ2n) is 6.47. The first-order chi connectivity index (χ1) is 9.47. The molecule has 2 bridgehead atoms. The van der Waals surface area contributed by atoms with E-state index < -0.39 is 0 Å². The number of aryl methyl sites for hydroxylation is 1. The Balaban J connectivity index is 1.68. The first kappa shape index (κ1) is 14.1. The van der Waals surface area contributed by atoms with Gasteiger partial charge in [0.2, 0.25) is 0 Å². The fraction of sp³-hybridized carbons (Fsp3) is 0.733. The summed E-state index contributed by atoms with van der Waals surface area (Å²) in [4.78, 5) is 12.4. The molecule has 0 unspecified atom stereocenters. The molecule has 0 aliphatic heterocycles. The predicted molar refractivity (Wildman–Crippen MR) is 81.5 cm³/mol. The van der Waals surface area contributed by atoms with Gasteiger partial charge in [0.15, 0.2) is 5.69 Å². The molecule has 20 heavy (non-hydrogen) atoms. The van der Waals surface area contributed by atoms with Gasteiger partial charge in [-0.25, -0.2) is 0 Å². The number of aromatic nitrogens is 2. The Bertz CT molecular complexity index is 539. The standard InChI is InChI=1S/C15H22BrN3O/c1-8(12-7-10-4-5-11(12)6-10)17-15(20)14-13(16)9(2)19(3)18-14/h8,10-12H,4-7H2,1-3H3,(H,17,20)/t8-,10-,11-,12-/m1/s1. The highest BCUT2D eigenvalue weighted by atomic mass is 79.9. The number of nitrogens with zero attached hydrogens (tertiary/aromatic N) is 2. The van der Waals surface area contributed by atoms with Crippen LogP contribution in [0.5, 0.6) is 0 Å². The number of nitrogens with one attached hydrogen (secondary N) is 1. The lowest BCUT2D eigenvalue weighted by molar-refractivity contribution is 0.0908. The van der Waals surface area contributed by atoms with Gasteiger partial charge in [-0.2, -0.15) is 5.10 Å². The molecular formula is C15H22BrN3O. The summed E-state index contributed by atoms with van der Waals surface area (Å²) in [6.07, 6.45) is 5.40. The summed E-state index contributed by atoms with van der Waals surface area (Å²) in [5.74, 6) is 2.33. The highest BCUT2D eigenvalue weighted by Gasteiger charge is 2.42. The lowest BCUT2D eigenvalue weighted by Gasteiger charge is -2.28. The van der Waals surface area contributed by atoms with Crippen LogP contribution in [-0.2, 0) is 7.05 Å². The zero-order chi connectivity index (χ0) is 14.4. The van der Waals surface area contributed by atoms with Gasteiger partial charge in [-0.3, -0.25) is 9.48 Å². The van der Waals surface area contributed by atoms with Crippen LogP contribution >= 0.6 is 15.9 Å². The molecule has 0 aromatic carbocycles.